The van der Waals surface area contributed by atoms with Gasteiger partial charge in [0.2, 0.25) is 17.6 Å². The standard InChI is InChI=1S/C27H30N2O7/c1-32-22-10-8-18-19(13-21(22)30)20(29-27(31)35-4)9-7-17-12-23(33-2)25(34-3)26(24(17)18)36-15-16-6-5-11-28-14-16/h5-6,8,10-14,20,27,29,31H,7,9,15H2,1-4H3. The van der Waals surface area contributed by atoms with E-state index in [1.807, 2.05) is 24.3 Å². The number of nitrogens with zero attached hydrogens (tertiary/aromatic N) is 1. The molecule has 0 aliphatic heterocycles. The second-order valence-electron chi connectivity index (χ2n) is 8.25. The number of ether oxygens (including phenoxy) is 5. The molecule has 0 amide bonds. The third-order valence-electron chi connectivity index (χ3n) is 6.19. The number of hydrogen-bond donors (Lipinski definition) is 2. The second-order valence-corrected chi connectivity index (χ2v) is 8.25. The van der Waals surface area contributed by atoms with E-state index in [0.29, 0.717) is 35.7 Å². The SMILES string of the molecule is COc1cc2c(c(OCc3cccnc3)c1OC)-c1ccc(OC)c(=O)cc1C(NC(O)OC)CC2. The van der Waals surface area contributed by atoms with Crippen LogP contribution in [0.3, 0.4) is 0 Å². The second kappa shape index (κ2) is 11.4. The maximum absolute atomic E-state index is 12.9. The highest BCUT2D eigenvalue weighted by Gasteiger charge is 2.30. The van der Waals surface area contributed by atoms with Crippen LogP contribution in [0.2, 0.25) is 0 Å². The molecule has 0 spiro atoms. The van der Waals surface area contributed by atoms with Gasteiger partial charge in [0.1, 0.15) is 6.61 Å². The summed E-state index contributed by atoms with van der Waals surface area (Å²) in [5.41, 5.74) is 3.75. The molecule has 0 bridgehead atoms. The number of aromatic nitrogens is 1. The van der Waals surface area contributed by atoms with Crippen LogP contribution in [0, 0.1) is 0 Å². The zero-order valence-corrected chi connectivity index (χ0v) is 20.7. The Bertz CT molecular complexity index is 1270. The van der Waals surface area contributed by atoms with Gasteiger partial charge in [0, 0.05) is 36.7 Å². The molecule has 190 valence electrons. The summed E-state index contributed by atoms with van der Waals surface area (Å²) >= 11 is 0. The summed E-state index contributed by atoms with van der Waals surface area (Å²) < 4.78 is 28.1. The Morgan fingerprint density at radius 1 is 1.06 bits per heavy atom. The maximum atomic E-state index is 12.9. The van der Waals surface area contributed by atoms with E-state index in [1.165, 1.54) is 20.3 Å². The van der Waals surface area contributed by atoms with Crippen LogP contribution in [-0.4, -0.2) is 44.9 Å². The average Bonchev–Trinajstić information content (AvgIpc) is 3.15. The predicted molar refractivity (Wildman–Crippen MR) is 134 cm³/mol. The largest absolute Gasteiger partial charge is 0.493 e. The van der Waals surface area contributed by atoms with Crippen LogP contribution in [0.25, 0.3) is 11.1 Å². The van der Waals surface area contributed by atoms with E-state index in [9.17, 15) is 9.90 Å². The van der Waals surface area contributed by atoms with Crippen LogP contribution in [-0.2, 0) is 17.8 Å². The van der Waals surface area contributed by atoms with Crippen LogP contribution >= 0.6 is 0 Å². The predicted octanol–water partition coefficient (Wildman–Crippen LogP) is 3.21. The molecule has 1 heterocycles. The Balaban J connectivity index is 1.97. The fourth-order valence-corrected chi connectivity index (χ4v) is 4.46. The molecule has 2 N–H and O–H groups in total. The molecule has 4 rings (SSSR count). The number of aliphatic hydroxyl groups excluding tert-OH is 1. The highest BCUT2D eigenvalue weighted by Crippen LogP contribution is 2.50. The van der Waals surface area contributed by atoms with Gasteiger partial charge in [-0.15, -0.1) is 0 Å². The summed E-state index contributed by atoms with van der Waals surface area (Å²) in [6.07, 6.45) is 3.41. The zero-order chi connectivity index (χ0) is 25.7. The molecular weight excluding hydrogens is 464 g/mol. The van der Waals surface area contributed by atoms with E-state index in [2.05, 4.69) is 10.3 Å². The van der Waals surface area contributed by atoms with Crippen molar-refractivity contribution >= 4 is 0 Å². The molecule has 0 fully saturated rings. The molecule has 0 saturated carbocycles. The number of aryl methyl sites for hydroxylation is 1. The van der Waals surface area contributed by atoms with Gasteiger partial charge in [-0.1, -0.05) is 12.1 Å². The number of methoxy groups -OCH3 is 4. The Hall–Kier alpha value is -3.66. The van der Waals surface area contributed by atoms with Crippen LogP contribution in [0.15, 0.2) is 53.6 Å². The number of pyridine rings is 1. The number of rotatable bonds is 9. The lowest BCUT2D eigenvalue weighted by atomic mass is 9.95. The lowest BCUT2D eigenvalue weighted by Crippen LogP contribution is -2.34. The molecule has 1 aliphatic carbocycles. The van der Waals surface area contributed by atoms with Gasteiger partial charge in [0.15, 0.2) is 17.2 Å². The molecule has 2 atom stereocenters. The van der Waals surface area contributed by atoms with Gasteiger partial charge in [0.05, 0.1) is 21.3 Å². The first-order chi connectivity index (χ1) is 17.5. The van der Waals surface area contributed by atoms with E-state index in [0.717, 1.165) is 22.3 Å². The quantitative estimate of drug-likeness (QED) is 0.434. The fraction of sp³-hybridized carbons (Fsp3) is 0.333. The smallest absolute Gasteiger partial charge is 0.220 e. The first kappa shape index (κ1) is 25.4. The minimum absolute atomic E-state index is 0.203. The van der Waals surface area contributed by atoms with Gasteiger partial charge in [-0.2, -0.15) is 0 Å². The molecule has 2 aromatic carbocycles. The minimum Gasteiger partial charge on any atom is -0.493 e. The molecule has 1 aromatic heterocycles. The van der Waals surface area contributed by atoms with Crippen LogP contribution in [0.4, 0.5) is 0 Å². The first-order valence-corrected chi connectivity index (χ1v) is 11.5. The summed E-state index contributed by atoms with van der Waals surface area (Å²) in [4.78, 5) is 17.1. The van der Waals surface area contributed by atoms with Gasteiger partial charge in [-0.25, -0.2) is 0 Å². The Kier molecular flexibility index (Phi) is 8.04. The van der Waals surface area contributed by atoms with E-state index in [4.69, 9.17) is 23.7 Å². The Labute approximate surface area is 209 Å². The topological polar surface area (TPSA) is 108 Å². The van der Waals surface area contributed by atoms with Crippen LogP contribution in [0.1, 0.15) is 29.2 Å². The summed E-state index contributed by atoms with van der Waals surface area (Å²) in [5.74, 6) is 1.66. The molecule has 0 saturated heterocycles. The van der Waals surface area contributed by atoms with E-state index in [1.54, 1.807) is 32.7 Å². The highest BCUT2D eigenvalue weighted by molar-refractivity contribution is 5.82. The molecular formula is C27H30N2O7. The monoisotopic (exact) mass is 494 g/mol. The molecule has 36 heavy (non-hydrogen) atoms. The van der Waals surface area contributed by atoms with E-state index in [-0.39, 0.29) is 17.8 Å². The van der Waals surface area contributed by atoms with E-state index < -0.39 is 12.5 Å². The molecule has 9 heteroatoms. The summed E-state index contributed by atoms with van der Waals surface area (Å²) in [6, 6.07) is 10.3. The first-order valence-electron chi connectivity index (χ1n) is 11.5. The summed E-state index contributed by atoms with van der Waals surface area (Å²) in [6.45, 7) is 0.248. The van der Waals surface area contributed by atoms with Crippen LogP contribution < -0.4 is 29.7 Å². The average molecular weight is 495 g/mol. The zero-order valence-electron chi connectivity index (χ0n) is 20.7. The summed E-state index contributed by atoms with van der Waals surface area (Å²) in [7, 11) is 5.99. The van der Waals surface area contributed by atoms with Crippen molar-refractivity contribution in [3.63, 3.8) is 0 Å². The molecule has 0 radical (unpaired) electrons. The number of aliphatic hydroxyl groups is 1. The van der Waals surface area contributed by atoms with Crippen LogP contribution in [0.5, 0.6) is 23.0 Å². The van der Waals surface area contributed by atoms with Crippen molar-refractivity contribution in [2.24, 2.45) is 0 Å². The number of nitrogens with one attached hydrogen (secondary N) is 1. The van der Waals surface area contributed by atoms with Gasteiger partial charge in [-0.05, 0) is 53.8 Å². The van der Waals surface area contributed by atoms with E-state index >= 15 is 0 Å². The Morgan fingerprint density at radius 2 is 1.86 bits per heavy atom. The Morgan fingerprint density at radius 3 is 2.53 bits per heavy atom. The van der Waals surface area contributed by atoms with Gasteiger partial charge in [0.25, 0.3) is 0 Å². The van der Waals surface area contributed by atoms with Crippen molar-refractivity contribution in [3.05, 3.63) is 75.7 Å². The van der Waals surface area contributed by atoms with Crippen molar-refractivity contribution in [1.29, 1.82) is 0 Å². The molecule has 1 aliphatic rings. The van der Waals surface area contributed by atoms with Gasteiger partial charge >= 0.3 is 0 Å². The molecule has 2 unspecified atom stereocenters. The maximum Gasteiger partial charge on any atom is 0.220 e. The number of fused-ring (bicyclic) bond motifs is 3. The third-order valence-corrected chi connectivity index (χ3v) is 6.19. The fourth-order valence-electron chi connectivity index (χ4n) is 4.46. The van der Waals surface area contributed by atoms with Crippen molar-refractivity contribution in [2.45, 2.75) is 31.9 Å². The lowest BCUT2D eigenvalue weighted by molar-refractivity contribution is -0.104. The van der Waals surface area contributed by atoms with Crippen molar-refractivity contribution in [2.75, 3.05) is 28.4 Å². The van der Waals surface area contributed by atoms with Crippen molar-refractivity contribution < 1.29 is 28.8 Å². The lowest BCUT2D eigenvalue weighted by Gasteiger charge is -2.22. The molecule has 9 nitrogen and oxygen atoms in total. The highest BCUT2D eigenvalue weighted by atomic mass is 16.6. The van der Waals surface area contributed by atoms with Crippen molar-refractivity contribution in [3.8, 4) is 34.1 Å². The van der Waals surface area contributed by atoms with Gasteiger partial charge in [-0.3, -0.25) is 15.1 Å². The minimum atomic E-state index is -1.21. The third kappa shape index (κ3) is 5.13. The number of hydrogen-bond acceptors (Lipinski definition) is 9. The van der Waals surface area contributed by atoms with Gasteiger partial charge < -0.3 is 28.8 Å². The summed E-state index contributed by atoms with van der Waals surface area (Å²) in [5, 5.41) is 13.3. The molecule has 3 aromatic rings. The normalized spacial score (nSPS) is 15.2. The van der Waals surface area contributed by atoms with Crippen molar-refractivity contribution in [1.82, 2.24) is 10.3 Å². The number of benzene rings is 1.